The monoisotopic (exact) mass is 454 g/mol. The molecule has 1 aliphatic heterocycles. The van der Waals surface area contributed by atoms with E-state index in [0.29, 0.717) is 17.5 Å². The Morgan fingerprint density at radius 1 is 1.13 bits per heavy atom. The van der Waals surface area contributed by atoms with E-state index in [2.05, 4.69) is 70.2 Å². The molecule has 0 bridgehead atoms. The molecule has 2 aromatic carbocycles. The second-order valence-electron chi connectivity index (χ2n) is 7.84. The van der Waals surface area contributed by atoms with Gasteiger partial charge in [-0.05, 0) is 48.0 Å². The van der Waals surface area contributed by atoms with Crippen LogP contribution in [-0.4, -0.2) is 40.2 Å². The lowest BCUT2D eigenvalue weighted by molar-refractivity contribution is -0.143. The average Bonchev–Trinajstić information content (AvgIpc) is 3.18. The molecule has 0 radical (unpaired) electrons. The summed E-state index contributed by atoms with van der Waals surface area (Å²) in [5.74, 6) is 2.32. The molecule has 1 saturated heterocycles. The fraction of sp³-hybridized carbons (Fsp3) is 0.400. The molecule has 1 aromatic heterocycles. The second kappa shape index (κ2) is 11.1. The lowest BCUT2D eigenvalue weighted by Gasteiger charge is -2.21. The molecule has 0 saturated carbocycles. The molecule has 0 aliphatic carbocycles. The summed E-state index contributed by atoms with van der Waals surface area (Å²) < 4.78 is 5.81. The van der Waals surface area contributed by atoms with Gasteiger partial charge in [-0.25, -0.2) is 0 Å². The smallest absolute Gasteiger partial charge is 0.323 e. The Bertz CT molecular complexity index is 984. The van der Waals surface area contributed by atoms with E-state index in [1.165, 1.54) is 41.7 Å². The van der Waals surface area contributed by atoms with Crippen LogP contribution in [0.2, 0.25) is 0 Å². The van der Waals surface area contributed by atoms with Crippen LogP contribution >= 0.6 is 23.5 Å². The predicted octanol–water partition coefficient (Wildman–Crippen LogP) is 5.17. The summed E-state index contributed by atoms with van der Waals surface area (Å²) in [5, 5.41) is 4.63. The Balaban J connectivity index is 1.53. The molecule has 6 heteroatoms. The Kier molecular flexibility index (Phi) is 8.00. The van der Waals surface area contributed by atoms with E-state index in [-0.39, 0.29) is 12.0 Å². The normalized spacial score (nSPS) is 15.8. The fourth-order valence-corrected chi connectivity index (χ4v) is 6.95. The van der Waals surface area contributed by atoms with Gasteiger partial charge < -0.3 is 15.0 Å². The summed E-state index contributed by atoms with van der Waals surface area (Å²) >= 11 is 4.17. The zero-order valence-corrected chi connectivity index (χ0v) is 19.6. The first kappa shape index (κ1) is 22.3. The quantitative estimate of drug-likeness (QED) is 0.437. The molecule has 4 nitrogen and oxygen atoms in total. The number of nitrogens with one attached hydrogen (secondary N) is 2. The van der Waals surface area contributed by atoms with Crippen molar-refractivity contribution in [2.24, 2.45) is 0 Å². The van der Waals surface area contributed by atoms with Crippen LogP contribution in [0.25, 0.3) is 10.9 Å². The third-order valence-electron chi connectivity index (χ3n) is 5.72. The van der Waals surface area contributed by atoms with Gasteiger partial charge in [-0.3, -0.25) is 4.79 Å². The molecule has 0 spiro atoms. The number of carbonyl (C=O) groups excluding carboxylic acids is 1. The largest absolute Gasteiger partial charge is 0.468 e. The maximum Gasteiger partial charge on any atom is 0.323 e. The number of ether oxygens (including phenoxy) is 1. The van der Waals surface area contributed by atoms with Crippen LogP contribution in [0.5, 0.6) is 0 Å². The van der Waals surface area contributed by atoms with Crippen LogP contribution < -0.4 is 5.32 Å². The molecule has 2 N–H and O–H groups in total. The van der Waals surface area contributed by atoms with Crippen LogP contribution in [0, 0.1) is 0 Å². The molecule has 3 aromatic rings. The number of benzene rings is 2. The van der Waals surface area contributed by atoms with Crippen molar-refractivity contribution in [1.29, 1.82) is 0 Å². The van der Waals surface area contributed by atoms with Crippen LogP contribution in [0.1, 0.15) is 29.7 Å². The standard InChI is InChI=1S/C25H30N2O2S2/c1-29-25(28)23(26-17-18-8-3-2-4-9-18)16-20-19-10-5-6-11-21(19)27-22(20)12-13-24-30-14-7-15-31-24/h2-6,8-11,23-24,26-27H,7,12-17H2,1H3/t23-/m1/s1. The van der Waals surface area contributed by atoms with Gasteiger partial charge in [0.1, 0.15) is 6.04 Å². The summed E-state index contributed by atoms with van der Waals surface area (Å²) in [5.41, 5.74) is 4.78. The van der Waals surface area contributed by atoms with E-state index in [0.717, 1.165) is 23.9 Å². The number of aromatic amines is 1. The van der Waals surface area contributed by atoms with E-state index >= 15 is 0 Å². The maximum absolute atomic E-state index is 12.6. The molecule has 1 atom stereocenters. The summed E-state index contributed by atoms with van der Waals surface area (Å²) in [4.78, 5) is 16.3. The number of esters is 1. The van der Waals surface area contributed by atoms with Crippen molar-refractivity contribution < 1.29 is 9.53 Å². The molecule has 2 heterocycles. The number of aromatic nitrogens is 1. The highest BCUT2D eigenvalue weighted by atomic mass is 32.2. The van der Waals surface area contributed by atoms with Gasteiger partial charge in [0.05, 0.1) is 11.7 Å². The zero-order valence-electron chi connectivity index (χ0n) is 17.9. The summed E-state index contributed by atoms with van der Waals surface area (Å²) in [7, 11) is 1.47. The van der Waals surface area contributed by atoms with Crippen molar-refractivity contribution in [2.75, 3.05) is 18.6 Å². The lowest BCUT2D eigenvalue weighted by atomic mass is 10.00. The number of thioether (sulfide) groups is 2. The summed E-state index contributed by atoms with van der Waals surface area (Å²) in [6.45, 7) is 0.633. The van der Waals surface area contributed by atoms with E-state index in [9.17, 15) is 4.79 Å². The van der Waals surface area contributed by atoms with Crippen molar-refractivity contribution in [2.45, 2.75) is 42.9 Å². The second-order valence-corrected chi connectivity index (χ2v) is 10.8. The fourth-order valence-electron chi connectivity index (χ4n) is 4.09. The number of aryl methyl sites for hydroxylation is 1. The van der Waals surface area contributed by atoms with Gasteiger partial charge in [0, 0.05) is 29.6 Å². The first-order chi connectivity index (χ1) is 15.2. The third-order valence-corrected chi connectivity index (χ3v) is 8.80. The Labute approximate surface area is 192 Å². The predicted molar refractivity (Wildman–Crippen MR) is 133 cm³/mol. The molecule has 164 valence electrons. The molecule has 4 rings (SSSR count). The zero-order chi connectivity index (χ0) is 21.5. The first-order valence-corrected chi connectivity index (χ1v) is 13.0. The SMILES string of the molecule is COC(=O)[C@@H](Cc1c(CCC2SCCCS2)[nH]c2ccccc12)NCc1ccccc1. The molecule has 0 amide bonds. The van der Waals surface area contributed by atoms with Crippen LogP contribution in [0.3, 0.4) is 0 Å². The van der Waals surface area contributed by atoms with Gasteiger partial charge in [0.15, 0.2) is 0 Å². The van der Waals surface area contributed by atoms with Crippen molar-refractivity contribution in [1.82, 2.24) is 10.3 Å². The number of H-pyrrole nitrogens is 1. The average molecular weight is 455 g/mol. The number of para-hydroxylation sites is 1. The summed E-state index contributed by atoms with van der Waals surface area (Å²) in [6.07, 6.45) is 4.08. The van der Waals surface area contributed by atoms with Crippen molar-refractivity contribution in [3.8, 4) is 0 Å². The van der Waals surface area contributed by atoms with Crippen molar-refractivity contribution in [3.05, 3.63) is 71.4 Å². The Morgan fingerprint density at radius 3 is 2.65 bits per heavy atom. The van der Waals surface area contributed by atoms with Gasteiger partial charge in [-0.1, -0.05) is 48.5 Å². The minimum absolute atomic E-state index is 0.217. The van der Waals surface area contributed by atoms with Gasteiger partial charge in [-0.2, -0.15) is 0 Å². The molecular weight excluding hydrogens is 424 g/mol. The molecule has 0 unspecified atom stereocenters. The minimum Gasteiger partial charge on any atom is -0.468 e. The number of methoxy groups -OCH3 is 1. The molecular formula is C25H30N2O2S2. The number of carbonyl (C=O) groups is 1. The van der Waals surface area contributed by atoms with Crippen LogP contribution in [0.15, 0.2) is 54.6 Å². The van der Waals surface area contributed by atoms with Crippen molar-refractivity contribution in [3.63, 3.8) is 0 Å². The number of fused-ring (bicyclic) bond motifs is 1. The van der Waals surface area contributed by atoms with Crippen molar-refractivity contribution >= 4 is 40.4 Å². The van der Waals surface area contributed by atoms with Gasteiger partial charge in [0.2, 0.25) is 0 Å². The highest BCUT2D eigenvalue weighted by Gasteiger charge is 2.24. The highest BCUT2D eigenvalue weighted by molar-refractivity contribution is 8.17. The maximum atomic E-state index is 12.6. The number of hydrogen-bond acceptors (Lipinski definition) is 5. The number of rotatable bonds is 9. The van der Waals surface area contributed by atoms with E-state index in [1.807, 2.05) is 18.2 Å². The summed E-state index contributed by atoms with van der Waals surface area (Å²) in [6, 6.07) is 18.2. The van der Waals surface area contributed by atoms with Crippen LogP contribution in [0.4, 0.5) is 0 Å². The lowest BCUT2D eigenvalue weighted by Crippen LogP contribution is -2.39. The van der Waals surface area contributed by atoms with E-state index in [1.54, 1.807) is 0 Å². The topological polar surface area (TPSA) is 54.1 Å². The third kappa shape index (κ3) is 5.88. The van der Waals surface area contributed by atoms with Crippen LogP contribution in [-0.2, 0) is 28.9 Å². The minimum atomic E-state index is -0.387. The Morgan fingerprint density at radius 2 is 1.87 bits per heavy atom. The van der Waals surface area contributed by atoms with E-state index < -0.39 is 0 Å². The first-order valence-electron chi connectivity index (χ1n) is 10.9. The van der Waals surface area contributed by atoms with Gasteiger partial charge in [0.25, 0.3) is 0 Å². The molecule has 31 heavy (non-hydrogen) atoms. The van der Waals surface area contributed by atoms with E-state index in [4.69, 9.17) is 4.74 Å². The highest BCUT2D eigenvalue weighted by Crippen LogP contribution is 2.34. The van der Waals surface area contributed by atoms with Gasteiger partial charge in [-0.15, -0.1) is 23.5 Å². The number of hydrogen-bond donors (Lipinski definition) is 2. The Hall–Kier alpha value is -1.89. The molecule has 1 aliphatic rings. The van der Waals surface area contributed by atoms with Gasteiger partial charge >= 0.3 is 5.97 Å². The molecule has 1 fully saturated rings.